The van der Waals surface area contributed by atoms with Gasteiger partial charge in [-0.25, -0.2) is 8.42 Å². The normalized spacial score (nSPS) is 17.5. The van der Waals surface area contributed by atoms with Crippen LogP contribution in [-0.4, -0.2) is 62.6 Å². The van der Waals surface area contributed by atoms with Gasteiger partial charge >= 0.3 is 0 Å². The van der Waals surface area contributed by atoms with Gasteiger partial charge in [-0.15, -0.1) is 0 Å². The summed E-state index contributed by atoms with van der Waals surface area (Å²) in [6.07, 6.45) is 2.57. The fraction of sp³-hybridized carbons (Fsp3) is 0.562. The van der Waals surface area contributed by atoms with Crippen LogP contribution in [-0.2, 0) is 14.8 Å². The summed E-state index contributed by atoms with van der Waals surface area (Å²) in [5.41, 5.74) is -0.146. The summed E-state index contributed by atoms with van der Waals surface area (Å²) < 4.78 is 25.4. The third-order valence-corrected chi connectivity index (χ3v) is 5.69. The van der Waals surface area contributed by atoms with Crippen molar-refractivity contribution in [3.8, 4) is 0 Å². The highest BCUT2D eigenvalue weighted by Gasteiger charge is 2.31. The monoisotopic (exact) mass is 384 g/mol. The molecule has 0 saturated carbocycles. The Morgan fingerprint density at radius 1 is 1.38 bits per heavy atom. The molecule has 9 nitrogen and oxygen atoms in total. The maximum Gasteiger partial charge on any atom is 0.271 e. The van der Waals surface area contributed by atoms with E-state index in [-0.39, 0.29) is 17.4 Å². The Morgan fingerprint density at radius 2 is 2.00 bits per heavy atom. The molecule has 0 spiro atoms. The molecule has 1 atom stereocenters. The molecule has 144 valence electrons. The lowest BCUT2D eigenvalue weighted by Gasteiger charge is -2.32. The van der Waals surface area contributed by atoms with Crippen LogP contribution in [0.2, 0.25) is 0 Å². The van der Waals surface area contributed by atoms with Crippen LogP contribution >= 0.6 is 0 Å². The Hall–Kier alpha value is -2.20. The lowest BCUT2D eigenvalue weighted by molar-refractivity contribution is -0.384. The van der Waals surface area contributed by atoms with Gasteiger partial charge in [0.05, 0.1) is 16.9 Å². The minimum absolute atomic E-state index is 0.00679. The minimum Gasteiger partial charge on any atom is -0.351 e. The molecule has 1 aromatic carbocycles. The van der Waals surface area contributed by atoms with E-state index in [0.717, 1.165) is 42.6 Å². The van der Waals surface area contributed by atoms with Crippen LogP contribution in [0, 0.1) is 10.1 Å². The lowest BCUT2D eigenvalue weighted by atomic mass is 10.1. The first kappa shape index (κ1) is 20.1. The molecule has 26 heavy (non-hydrogen) atoms. The minimum atomic E-state index is -3.81. The Bertz CT molecular complexity index is 775. The van der Waals surface area contributed by atoms with Gasteiger partial charge in [0.1, 0.15) is 6.04 Å². The Balaban J connectivity index is 2.22. The molecule has 0 unspecified atom stereocenters. The number of benzene rings is 1. The average molecular weight is 384 g/mol. The van der Waals surface area contributed by atoms with Crippen LogP contribution in [0.25, 0.3) is 0 Å². The average Bonchev–Trinajstić information content (AvgIpc) is 2.56. The third-order valence-electron chi connectivity index (χ3n) is 4.45. The van der Waals surface area contributed by atoms with E-state index in [0.29, 0.717) is 0 Å². The molecule has 2 rings (SSSR count). The fourth-order valence-electron chi connectivity index (χ4n) is 3.03. The predicted molar refractivity (Wildman–Crippen MR) is 98.5 cm³/mol. The molecule has 1 aliphatic heterocycles. The SMILES string of the molecule is C[C@H](C(=O)NC1CCN(C)CC1)N(c1cccc([N+](=O)[O-])c1)S(C)(=O)=O. The van der Waals surface area contributed by atoms with E-state index in [4.69, 9.17) is 0 Å². The number of carbonyl (C=O) groups is 1. The first-order valence-electron chi connectivity index (χ1n) is 8.32. The van der Waals surface area contributed by atoms with Crippen molar-refractivity contribution < 1.29 is 18.1 Å². The van der Waals surface area contributed by atoms with Crippen molar-refractivity contribution in [2.45, 2.75) is 31.8 Å². The first-order valence-corrected chi connectivity index (χ1v) is 10.2. The Morgan fingerprint density at radius 3 is 2.54 bits per heavy atom. The number of likely N-dealkylation sites (tertiary alicyclic amines) is 1. The number of amides is 1. The molecule has 1 fully saturated rings. The number of piperidine rings is 1. The third kappa shape index (κ3) is 4.92. The number of nitro groups is 1. The summed E-state index contributed by atoms with van der Waals surface area (Å²) in [6.45, 7) is 3.20. The van der Waals surface area contributed by atoms with Crippen molar-refractivity contribution in [2.24, 2.45) is 0 Å². The second-order valence-electron chi connectivity index (χ2n) is 6.60. The summed E-state index contributed by atoms with van der Waals surface area (Å²) in [5, 5.41) is 13.9. The largest absolute Gasteiger partial charge is 0.351 e. The highest BCUT2D eigenvalue weighted by atomic mass is 32.2. The molecule has 1 N–H and O–H groups in total. The number of hydrogen-bond acceptors (Lipinski definition) is 6. The van der Waals surface area contributed by atoms with E-state index in [1.165, 1.54) is 25.1 Å². The summed E-state index contributed by atoms with van der Waals surface area (Å²) in [7, 11) is -1.80. The molecular formula is C16H24N4O5S. The Labute approximate surface area is 153 Å². The molecule has 0 aliphatic carbocycles. The van der Waals surface area contributed by atoms with Gasteiger partial charge in [0.15, 0.2) is 0 Å². The van der Waals surface area contributed by atoms with Gasteiger partial charge in [-0.3, -0.25) is 19.2 Å². The van der Waals surface area contributed by atoms with Gasteiger partial charge in [-0.2, -0.15) is 0 Å². The lowest BCUT2D eigenvalue weighted by Crippen LogP contribution is -2.52. The molecule has 1 heterocycles. The number of hydrogen-bond donors (Lipinski definition) is 1. The first-order chi connectivity index (χ1) is 12.1. The maximum atomic E-state index is 12.6. The van der Waals surface area contributed by atoms with Crippen LogP contribution in [0.3, 0.4) is 0 Å². The fourth-order valence-corrected chi connectivity index (χ4v) is 4.19. The second-order valence-corrected chi connectivity index (χ2v) is 8.46. The van der Waals surface area contributed by atoms with E-state index in [2.05, 4.69) is 10.2 Å². The van der Waals surface area contributed by atoms with Crippen molar-refractivity contribution in [1.29, 1.82) is 0 Å². The molecule has 1 aromatic rings. The molecule has 1 amide bonds. The number of nitrogens with one attached hydrogen (secondary N) is 1. The maximum absolute atomic E-state index is 12.6. The van der Waals surface area contributed by atoms with E-state index in [9.17, 15) is 23.3 Å². The van der Waals surface area contributed by atoms with Gasteiger partial charge in [-0.05, 0) is 46.0 Å². The van der Waals surface area contributed by atoms with E-state index < -0.39 is 26.9 Å². The molecule has 10 heteroatoms. The molecule has 1 saturated heterocycles. The van der Waals surface area contributed by atoms with Gasteiger partial charge < -0.3 is 10.2 Å². The van der Waals surface area contributed by atoms with Crippen molar-refractivity contribution >= 4 is 27.3 Å². The van der Waals surface area contributed by atoms with Crippen LogP contribution in [0.5, 0.6) is 0 Å². The second kappa shape index (κ2) is 8.00. The van der Waals surface area contributed by atoms with Crippen molar-refractivity contribution in [3.05, 3.63) is 34.4 Å². The molecule has 0 radical (unpaired) electrons. The van der Waals surface area contributed by atoms with Gasteiger partial charge in [0, 0.05) is 18.2 Å². The predicted octanol–water partition coefficient (Wildman–Crippen LogP) is 0.960. The van der Waals surface area contributed by atoms with Gasteiger partial charge in [0.25, 0.3) is 5.69 Å². The van der Waals surface area contributed by atoms with Crippen LogP contribution in [0.4, 0.5) is 11.4 Å². The van der Waals surface area contributed by atoms with Crippen LogP contribution in [0.15, 0.2) is 24.3 Å². The van der Waals surface area contributed by atoms with Gasteiger partial charge in [0.2, 0.25) is 15.9 Å². The molecule has 0 aromatic heterocycles. The van der Waals surface area contributed by atoms with E-state index >= 15 is 0 Å². The zero-order valence-corrected chi connectivity index (χ0v) is 15.9. The number of nitro benzene ring substituents is 1. The number of anilines is 1. The van der Waals surface area contributed by atoms with Gasteiger partial charge in [-0.1, -0.05) is 6.07 Å². The highest BCUT2D eigenvalue weighted by Crippen LogP contribution is 2.25. The molecular weight excluding hydrogens is 360 g/mol. The van der Waals surface area contributed by atoms with E-state index in [1.807, 2.05) is 7.05 Å². The van der Waals surface area contributed by atoms with Crippen LogP contribution < -0.4 is 9.62 Å². The number of sulfonamides is 1. The summed E-state index contributed by atoms with van der Waals surface area (Å²) in [5.74, 6) is -0.420. The zero-order chi connectivity index (χ0) is 19.5. The summed E-state index contributed by atoms with van der Waals surface area (Å²) in [6, 6.07) is 4.23. The van der Waals surface area contributed by atoms with Crippen molar-refractivity contribution in [3.63, 3.8) is 0 Å². The van der Waals surface area contributed by atoms with Crippen molar-refractivity contribution in [2.75, 3.05) is 30.7 Å². The number of carbonyl (C=O) groups excluding carboxylic acids is 1. The topological polar surface area (TPSA) is 113 Å². The quantitative estimate of drug-likeness (QED) is 0.577. The highest BCUT2D eigenvalue weighted by molar-refractivity contribution is 7.92. The summed E-state index contributed by atoms with van der Waals surface area (Å²) in [4.78, 5) is 25.1. The Kier molecular flexibility index (Phi) is 6.19. The zero-order valence-electron chi connectivity index (χ0n) is 15.1. The molecule has 0 bridgehead atoms. The smallest absolute Gasteiger partial charge is 0.271 e. The van der Waals surface area contributed by atoms with E-state index in [1.54, 1.807) is 0 Å². The van der Waals surface area contributed by atoms with Crippen LogP contribution in [0.1, 0.15) is 19.8 Å². The summed E-state index contributed by atoms with van der Waals surface area (Å²) >= 11 is 0. The molecule has 1 aliphatic rings. The van der Waals surface area contributed by atoms with Crippen molar-refractivity contribution in [1.82, 2.24) is 10.2 Å². The number of rotatable bonds is 6. The standard InChI is InChI=1S/C16H24N4O5S/c1-12(16(21)17-13-7-9-18(2)10-8-13)19(26(3,24)25)14-5-4-6-15(11-14)20(22)23/h4-6,11-13H,7-10H2,1-3H3,(H,17,21)/t12-/m1/s1. The number of non-ortho nitro benzene ring substituents is 1. The number of nitrogens with zero attached hydrogens (tertiary/aromatic N) is 3.